The van der Waals surface area contributed by atoms with E-state index in [-0.39, 0.29) is 5.56 Å². The van der Waals surface area contributed by atoms with Crippen LogP contribution in [0.4, 0.5) is 11.5 Å². The van der Waals surface area contributed by atoms with Crippen molar-refractivity contribution in [3.63, 3.8) is 0 Å². The second-order valence-corrected chi connectivity index (χ2v) is 3.55. The summed E-state index contributed by atoms with van der Waals surface area (Å²) < 4.78 is 0. The summed E-state index contributed by atoms with van der Waals surface area (Å²) in [6, 6.07) is 5.01. The SMILES string of the molecule is Cc1ccncc1Nc1ccc(C(=O)O)cn1. The van der Waals surface area contributed by atoms with Crippen molar-refractivity contribution in [2.45, 2.75) is 6.92 Å². The Bertz CT molecular complexity index is 538. The summed E-state index contributed by atoms with van der Waals surface area (Å²) in [7, 11) is 0. The molecule has 0 spiro atoms. The van der Waals surface area contributed by atoms with Crippen LogP contribution in [0.1, 0.15) is 15.9 Å². The number of nitrogens with one attached hydrogen (secondary N) is 1. The Morgan fingerprint density at radius 2 is 2.12 bits per heavy atom. The third kappa shape index (κ3) is 2.57. The van der Waals surface area contributed by atoms with Crippen molar-refractivity contribution < 1.29 is 9.90 Å². The minimum Gasteiger partial charge on any atom is -0.478 e. The highest BCUT2D eigenvalue weighted by Crippen LogP contribution is 2.17. The Kier molecular flexibility index (Phi) is 3.00. The van der Waals surface area contributed by atoms with Crippen molar-refractivity contribution in [3.8, 4) is 0 Å². The second-order valence-electron chi connectivity index (χ2n) is 3.55. The first-order valence-corrected chi connectivity index (χ1v) is 5.04. The molecule has 86 valence electrons. The zero-order valence-corrected chi connectivity index (χ0v) is 9.21. The lowest BCUT2D eigenvalue weighted by Gasteiger charge is -2.07. The van der Waals surface area contributed by atoms with E-state index >= 15 is 0 Å². The zero-order chi connectivity index (χ0) is 12.3. The summed E-state index contributed by atoms with van der Waals surface area (Å²) in [5, 5.41) is 11.8. The number of aromatic nitrogens is 2. The quantitative estimate of drug-likeness (QED) is 0.844. The van der Waals surface area contributed by atoms with Crippen LogP contribution in [0.15, 0.2) is 36.8 Å². The second kappa shape index (κ2) is 4.61. The third-order valence-electron chi connectivity index (χ3n) is 2.31. The topological polar surface area (TPSA) is 75.1 Å². The molecular formula is C12H11N3O2. The van der Waals surface area contributed by atoms with Gasteiger partial charge in [0.05, 0.1) is 17.4 Å². The van der Waals surface area contributed by atoms with Gasteiger partial charge in [0.1, 0.15) is 5.82 Å². The lowest BCUT2D eigenvalue weighted by atomic mass is 10.2. The minimum absolute atomic E-state index is 0.165. The maximum atomic E-state index is 10.7. The highest BCUT2D eigenvalue weighted by atomic mass is 16.4. The van der Waals surface area contributed by atoms with Crippen LogP contribution in [0, 0.1) is 6.92 Å². The van der Waals surface area contributed by atoms with Crippen LogP contribution in [-0.2, 0) is 0 Å². The third-order valence-corrected chi connectivity index (χ3v) is 2.31. The number of aryl methyl sites for hydroxylation is 1. The molecule has 0 saturated carbocycles. The number of hydrogen-bond acceptors (Lipinski definition) is 4. The minimum atomic E-state index is -0.985. The van der Waals surface area contributed by atoms with Gasteiger partial charge in [0.2, 0.25) is 0 Å². The molecule has 0 aromatic carbocycles. The molecule has 2 heterocycles. The summed E-state index contributed by atoms with van der Waals surface area (Å²) in [6.45, 7) is 1.95. The number of pyridine rings is 2. The summed E-state index contributed by atoms with van der Waals surface area (Å²) >= 11 is 0. The Hall–Kier alpha value is -2.43. The molecule has 17 heavy (non-hydrogen) atoms. The number of nitrogens with zero attached hydrogens (tertiary/aromatic N) is 2. The monoisotopic (exact) mass is 229 g/mol. The molecule has 0 radical (unpaired) electrons. The normalized spacial score (nSPS) is 9.94. The molecular weight excluding hydrogens is 218 g/mol. The van der Waals surface area contributed by atoms with E-state index in [1.54, 1.807) is 18.5 Å². The maximum absolute atomic E-state index is 10.7. The van der Waals surface area contributed by atoms with Crippen molar-refractivity contribution in [2.75, 3.05) is 5.32 Å². The summed E-state index contributed by atoms with van der Waals surface area (Å²) in [6.07, 6.45) is 4.72. The first-order valence-electron chi connectivity index (χ1n) is 5.04. The molecule has 0 atom stereocenters. The van der Waals surface area contributed by atoms with Gasteiger partial charge < -0.3 is 10.4 Å². The van der Waals surface area contributed by atoms with E-state index in [0.717, 1.165) is 11.3 Å². The number of rotatable bonds is 3. The van der Waals surface area contributed by atoms with Crippen molar-refractivity contribution in [3.05, 3.63) is 47.9 Å². The molecule has 0 fully saturated rings. The Labute approximate surface area is 98.2 Å². The van der Waals surface area contributed by atoms with Crippen molar-refractivity contribution in [2.24, 2.45) is 0 Å². The fourth-order valence-electron chi connectivity index (χ4n) is 1.33. The molecule has 5 nitrogen and oxygen atoms in total. The highest BCUT2D eigenvalue weighted by molar-refractivity contribution is 5.87. The molecule has 2 N–H and O–H groups in total. The van der Waals surface area contributed by atoms with E-state index in [0.29, 0.717) is 5.82 Å². The van der Waals surface area contributed by atoms with Gasteiger partial charge >= 0.3 is 5.97 Å². The predicted octanol–water partition coefficient (Wildman–Crippen LogP) is 2.23. The lowest BCUT2D eigenvalue weighted by Crippen LogP contribution is -2.00. The van der Waals surface area contributed by atoms with Crippen LogP contribution in [0.3, 0.4) is 0 Å². The average molecular weight is 229 g/mol. The molecule has 0 bridgehead atoms. The average Bonchev–Trinajstić information content (AvgIpc) is 2.33. The summed E-state index contributed by atoms with van der Waals surface area (Å²) in [5.74, 6) is -0.396. The van der Waals surface area contributed by atoms with Gasteiger partial charge in [-0.25, -0.2) is 9.78 Å². The van der Waals surface area contributed by atoms with Gasteiger partial charge in [-0.3, -0.25) is 4.98 Å². The van der Waals surface area contributed by atoms with E-state index in [1.165, 1.54) is 12.3 Å². The van der Waals surface area contributed by atoms with Crippen molar-refractivity contribution in [1.29, 1.82) is 0 Å². The van der Waals surface area contributed by atoms with Gasteiger partial charge in [-0.1, -0.05) is 0 Å². The maximum Gasteiger partial charge on any atom is 0.337 e. The Balaban J connectivity index is 2.20. The van der Waals surface area contributed by atoms with E-state index < -0.39 is 5.97 Å². The Morgan fingerprint density at radius 3 is 2.71 bits per heavy atom. The highest BCUT2D eigenvalue weighted by Gasteiger charge is 2.03. The molecule has 0 saturated heterocycles. The molecule has 0 unspecified atom stereocenters. The first kappa shape index (κ1) is 11.1. The van der Waals surface area contributed by atoms with Crippen LogP contribution >= 0.6 is 0 Å². The van der Waals surface area contributed by atoms with Crippen LogP contribution in [0.2, 0.25) is 0 Å². The number of carbonyl (C=O) groups is 1. The predicted molar refractivity (Wildman–Crippen MR) is 63.5 cm³/mol. The Morgan fingerprint density at radius 1 is 1.29 bits per heavy atom. The van der Waals surface area contributed by atoms with Crippen LogP contribution in [0.25, 0.3) is 0 Å². The molecule has 0 amide bonds. The van der Waals surface area contributed by atoms with Gasteiger partial charge in [0.25, 0.3) is 0 Å². The lowest BCUT2D eigenvalue weighted by molar-refractivity contribution is 0.0696. The number of hydrogen-bond donors (Lipinski definition) is 2. The van der Waals surface area contributed by atoms with Crippen LogP contribution in [-0.4, -0.2) is 21.0 Å². The number of anilines is 2. The van der Waals surface area contributed by atoms with Gasteiger partial charge in [-0.2, -0.15) is 0 Å². The van der Waals surface area contributed by atoms with Gasteiger partial charge in [-0.15, -0.1) is 0 Å². The van der Waals surface area contributed by atoms with Crippen molar-refractivity contribution >= 4 is 17.5 Å². The van der Waals surface area contributed by atoms with Crippen LogP contribution < -0.4 is 5.32 Å². The standard InChI is InChI=1S/C12H11N3O2/c1-8-4-5-13-7-10(8)15-11-3-2-9(6-14-11)12(16)17/h2-7H,1H3,(H,14,15)(H,16,17). The van der Waals surface area contributed by atoms with E-state index in [4.69, 9.17) is 5.11 Å². The number of aromatic carboxylic acids is 1. The fraction of sp³-hybridized carbons (Fsp3) is 0.0833. The smallest absolute Gasteiger partial charge is 0.337 e. The molecule has 5 heteroatoms. The number of carboxylic acid groups (broad SMARTS) is 1. The van der Waals surface area contributed by atoms with Crippen molar-refractivity contribution in [1.82, 2.24) is 9.97 Å². The zero-order valence-electron chi connectivity index (χ0n) is 9.21. The molecule has 2 rings (SSSR count). The van der Waals surface area contributed by atoms with Gasteiger partial charge in [0.15, 0.2) is 0 Å². The fourth-order valence-corrected chi connectivity index (χ4v) is 1.33. The first-order chi connectivity index (χ1) is 8.16. The molecule has 2 aromatic rings. The molecule has 0 aliphatic heterocycles. The van der Waals surface area contributed by atoms with Gasteiger partial charge in [-0.05, 0) is 30.7 Å². The molecule has 0 aliphatic rings. The summed E-state index contributed by atoms with van der Waals surface area (Å²) in [5.41, 5.74) is 2.06. The summed E-state index contributed by atoms with van der Waals surface area (Å²) in [4.78, 5) is 18.7. The van der Waals surface area contributed by atoms with E-state index in [1.807, 2.05) is 13.0 Å². The van der Waals surface area contributed by atoms with E-state index in [2.05, 4.69) is 15.3 Å². The van der Waals surface area contributed by atoms with Crippen LogP contribution in [0.5, 0.6) is 0 Å². The van der Waals surface area contributed by atoms with E-state index in [9.17, 15) is 4.79 Å². The molecule has 2 aromatic heterocycles. The van der Waals surface area contributed by atoms with Gasteiger partial charge in [0, 0.05) is 12.4 Å². The molecule has 0 aliphatic carbocycles. The largest absolute Gasteiger partial charge is 0.478 e. The number of carboxylic acids is 1.